The van der Waals surface area contributed by atoms with Crippen LogP contribution in [0.3, 0.4) is 0 Å². The molecule has 0 aromatic heterocycles. The molecule has 1 atom stereocenters. The molecule has 0 saturated carbocycles. The summed E-state index contributed by atoms with van der Waals surface area (Å²) >= 11 is 0. The Morgan fingerprint density at radius 1 is 1.26 bits per heavy atom. The maximum atomic E-state index is 12.5. The lowest BCUT2D eigenvalue weighted by molar-refractivity contribution is -0.137. The third-order valence-electron chi connectivity index (χ3n) is 4.64. The van der Waals surface area contributed by atoms with Gasteiger partial charge in [0.25, 0.3) is 0 Å². The highest BCUT2D eigenvalue weighted by atomic mass is 35.5. The van der Waals surface area contributed by atoms with E-state index in [1.54, 1.807) is 0 Å². The van der Waals surface area contributed by atoms with Crippen LogP contribution in [0.1, 0.15) is 19.3 Å². The number of likely N-dealkylation sites (tertiary alicyclic amines) is 2. The molecule has 0 bridgehead atoms. The second-order valence-electron chi connectivity index (χ2n) is 6.55. The molecule has 0 aromatic rings. The quantitative estimate of drug-likeness (QED) is 0.764. The number of amides is 2. The van der Waals surface area contributed by atoms with E-state index in [1.807, 2.05) is 23.9 Å². The third kappa shape index (κ3) is 6.10. The molecule has 2 heterocycles. The Kier molecular flexibility index (Phi) is 10.1. The van der Waals surface area contributed by atoms with E-state index in [-0.39, 0.29) is 42.5 Å². The maximum Gasteiger partial charge on any atom is 0.227 e. The Morgan fingerprint density at radius 3 is 2.39 bits per heavy atom. The summed E-state index contributed by atoms with van der Waals surface area (Å²) in [4.78, 5) is 30.3. The van der Waals surface area contributed by atoms with Crippen molar-refractivity contribution in [2.24, 2.45) is 17.6 Å². The van der Waals surface area contributed by atoms with Crippen molar-refractivity contribution < 1.29 is 9.59 Å². The van der Waals surface area contributed by atoms with Gasteiger partial charge in [0, 0.05) is 39.1 Å². The zero-order valence-electron chi connectivity index (χ0n) is 14.1. The van der Waals surface area contributed by atoms with Gasteiger partial charge in [-0.3, -0.25) is 9.59 Å². The molecular weight excluding hydrogens is 339 g/mol. The maximum absolute atomic E-state index is 12.5. The molecule has 23 heavy (non-hydrogen) atoms. The van der Waals surface area contributed by atoms with Gasteiger partial charge < -0.3 is 20.4 Å². The number of likely N-dealkylation sites (N-methyl/N-ethyl adjacent to an activating group) is 1. The number of hydrogen-bond acceptors (Lipinski definition) is 4. The van der Waals surface area contributed by atoms with E-state index in [0.717, 1.165) is 32.5 Å². The van der Waals surface area contributed by atoms with Gasteiger partial charge in [0.1, 0.15) is 0 Å². The van der Waals surface area contributed by atoms with E-state index in [4.69, 9.17) is 5.73 Å². The van der Waals surface area contributed by atoms with Crippen LogP contribution < -0.4 is 5.73 Å². The summed E-state index contributed by atoms with van der Waals surface area (Å²) in [5.41, 5.74) is 5.68. The monoisotopic (exact) mass is 368 g/mol. The van der Waals surface area contributed by atoms with Crippen LogP contribution >= 0.6 is 24.8 Å². The minimum absolute atomic E-state index is 0. The van der Waals surface area contributed by atoms with Crippen molar-refractivity contribution in [3.63, 3.8) is 0 Å². The van der Waals surface area contributed by atoms with Crippen molar-refractivity contribution in [2.75, 3.05) is 53.4 Å². The molecule has 136 valence electrons. The van der Waals surface area contributed by atoms with Crippen molar-refractivity contribution in [1.82, 2.24) is 14.7 Å². The standard InChI is InChI=1S/C15H28N4O2.2ClH/c1-17(2)7-8-19-11-13(9-14(19)20)15(21)18-5-3-12(10-16)4-6-18;;/h12-13H,3-11,16H2,1-2H3;2*1H. The molecule has 0 radical (unpaired) electrons. The summed E-state index contributed by atoms with van der Waals surface area (Å²) in [7, 11) is 3.98. The zero-order valence-corrected chi connectivity index (χ0v) is 15.7. The highest BCUT2D eigenvalue weighted by Gasteiger charge is 2.37. The smallest absolute Gasteiger partial charge is 0.227 e. The van der Waals surface area contributed by atoms with Gasteiger partial charge in [0.05, 0.1) is 5.92 Å². The van der Waals surface area contributed by atoms with Crippen molar-refractivity contribution in [3.8, 4) is 0 Å². The third-order valence-corrected chi connectivity index (χ3v) is 4.64. The Balaban J connectivity index is 0.00000242. The fraction of sp³-hybridized carbons (Fsp3) is 0.867. The fourth-order valence-electron chi connectivity index (χ4n) is 3.12. The Morgan fingerprint density at radius 2 is 1.87 bits per heavy atom. The average Bonchev–Trinajstić information content (AvgIpc) is 2.85. The molecule has 0 spiro atoms. The van der Waals surface area contributed by atoms with Crippen molar-refractivity contribution in [2.45, 2.75) is 19.3 Å². The largest absolute Gasteiger partial charge is 0.342 e. The van der Waals surface area contributed by atoms with Crippen LogP contribution in [0.25, 0.3) is 0 Å². The number of piperidine rings is 1. The minimum Gasteiger partial charge on any atom is -0.342 e. The summed E-state index contributed by atoms with van der Waals surface area (Å²) < 4.78 is 0. The highest BCUT2D eigenvalue weighted by Crippen LogP contribution is 2.23. The van der Waals surface area contributed by atoms with Crippen LogP contribution in [0.5, 0.6) is 0 Å². The SMILES string of the molecule is CN(C)CCN1CC(C(=O)N2CCC(CN)CC2)CC1=O.Cl.Cl. The van der Waals surface area contributed by atoms with E-state index in [9.17, 15) is 9.59 Å². The lowest BCUT2D eigenvalue weighted by Crippen LogP contribution is -2.43. The molecule has 2 saturated heterocycles. The first kappa shape index (κ1) is 22.4. The molecule has 2 amide bonds. The summed E-state index contributed by atoms with van der Waals surface area (Å²) in [5.74, 6) is 0.683. The van der Waals surface area contributed by atoms with Crippen LogP contribution in [0, 0.1) is 11.8 Å². The normalized spacial score (nSPS) is 22.1. The first-order chi connectivity index (χ1) is 10.0. The lowest BCUT2D eigenvalue weighted by Gasteiger charge is -2.33. The summed E-state index contributed by atoms with van der Waals surface area (Å²) in [5, 5.41) is 0. The molecule has 2 N–H and O–H groups in total. The molecular formula is C15H30Cl2N4O2. The van der Waals surface area contributed by atoms with Gasteiger partial charge in [-0.2, -0.15) is 0 Å². The van der Waals surface area contributed by atoms with Crippen LogP contribution in [-0.4, -0.2) is 79.9 Å². The molecule has 8 heteroatoms. The fourth-order valence-corrected chi connectivity index (χ4v) is 3.12. The second-order valence-corrected chi connectivity index (χ2v) is 6.55. The van der Waals surface area contributed by atoms with E-state index in [1.165, 1.54) is 0 Å². The van der Waals surface area contributed by atoms with Gasteiger partial charge in [0.2, 0.25) is 11.8 Å². The molecule has 0 aliphatic carbocycles. The van der Waals surface area contributed by atoms with E-state index < -0.39 is 0 Å². The molecule has 6 nitrogen and oxygen atoms in total. The van der Waals surface area contributed by atoms with Crippen LogP contribution in [0.15, 0.2) is 0 Å². The van der Waals surface area contributed by atoms with Gasteiger partial charge in [-0.1, -0.05) is 0 Å². The Labute approximate surface area is 151 Å². The number of nitrogens with zero attached hydrogens (tertiary/aromatic N) is 3. The first-order valence-corrected chi connectivity index (χ1v) is 7.92. The van der Waals surface area contributed by atoms with E-state index in [2.05, 4.69) is 4.90 Å². The van der Waals surface area contributed by atoms with Gasteiger partial charge in [-0.15, -0.1) is 24.8 Å². The average molecular weight is 369 g/mol. The van der Waals surface area contributed by atoms with E-state index >= 15 is 0 Å². The van der Waals surface area contributed by atoms with Crippen molar-refractivity contribution in [1.29, 1.82) is 0 Å². The minimum atomic E-state index is -0.144. The predicted octanol–water partition coefficient (Wildman–Crippen LogP) is 0.437. The predicted molar refractivity (Wildman–Crippen MR) is 96.1 cm³/mol. The number of carbonyl (C=O) groups is 2. The van der Waals surface area contributed by atoms with Gasteiger partial charge in [0.15, 0.2) is 0 Å². The van der Waals surface area contributed by atoms with Crippen LogP contribution in [-0.2, 0) is 9.59 Å². The number of nitrogens with two attached hydrogens (primary N) is 1. The summed E-state index contributed by atoms with van der Waals surface area (Å²) in [6.07, 6.45) is 2.36. The zero-order chi connectivity index (χ0) is 15.4. The Bertz CT molecular complexity index is 388. The number of halogens is 2. The molecule has 2 rings (SSSR count). The van der Waals surface area contributed by atoms with Gasteiger partial charge in [-0.25, -0.2) is 0 Å². The number of rotatable bonds is 5. The van der Waals surface area contributed by atoms with E-state index in [0.29, 0.717) is 32.0 Å². The summed E-state index contributed by atoms with van der Waals surface area (Å²) in [6, 6.07) is 0. The first-order valence-electron chi connectivity index (χ1n) is 7.92. The van der Waals surface area contributed by atoms with Gasteiger partial charge >= 0.3 is 0 Å². The van der Waals surface area contributed by atoms with Crippen molar-refractivity contribution in [3.05, 3.63) is 0 Å². The topological polar surface area (TPSA) is 69.9 Å². The molecule has 2 aliphatic heterocycles. The van der Waals surface area contributed by atoms with Gasteiger partial charge in [-0.05, 0) is 39.4 Å². The Hall–Kier alpha value is -0.560. The van der Waals surface area contributed by atoms with Crippen molar-refractivity contribution >= 4 is 36.6 Å². The number of carbonyl (C=O) groups excluding carboxylic acids is 2. The molecule has 2 fully saturated rings. The molecule has 0 aromatic carbocycles. The summed E-state index contributed by atoms with van der Waals surface area (Å²) in [6.45, 7) is 4.44. The molecule has 2 aliphatic rings. The highest BCUT2D eigenvalue weighted by molar-refractivity contribution is 5.89. The van der Waals surface area contributed by atoms with Crippen LogP contribution in [0.4, 0.5) is 0 Å². The second kappa shape index (κ2) is 10.3. The van der Waals surface area contributed by atoms with Crippen LogP contribution in [0.2, 0.25) is 0 Å². The number of hydrogen-bond donors (Lipinski definition) is 1. The molecule has 1 unspecified atom stereocenters. The lowest BCUT2D eigenvalue weighted by atomic mass is 9.95.